The van der Waals surface area contributed by atoms with Crippen LogP contribution in [0.1, 0.15) is 39.0 Å². The lowest BCUT2D eigenvalue weighted by atomic mass is 9.85. The third-order valence-electron chi connectivity index (χ3n) is 3.27. The van der Waals surface area contributed by atoms with E-state index in [4.69, 9.17) is 0 Å². The van der Waals surface area contributed by atoms with Crippen LogP contribution in [0.5, 0.6) is 0 Å². The van der Waals surface area contributed by atoms with Gasteiger partial charge in [-0.25, -0.2) is 0 Å². The van der Waals surface area contributed by atoms with Gasteiger partial charge in [-0.1, -0.05) is 35.7 Å². The summed E-state index contributed by atoms with van der Waals surface area (Å²) in [6.07, 6.45) is 5.70. The van der Waals surface area contributed by atoms with Crippen molar-refractivity contribution in [3.8, 4) is 0 Å². The van der Waals surface area contributed by atoms with Gasteiger partial charge in [0.25, 0.3) is 0 Å². The standard InChI is InChI=1S/C11H20BrNO/c1-9-5-3-4-6-10(9)13(2)11(14)7-8-12/h9-10H,3-8H2,1-2H3. The maximum atomic E-state index is 11.7. The summed E-state index contributed by atoms with van der Waals surface area (Å²) in [4.78, 5) is 13.6. The Balaban J connectivity index is 2.48. The molecule has 1 amide bonds. The van der Waals surface area contributed by atoms with E-state index in [1.807, 2.05) is 11.9 Å². The van der Waals surface area contributed by atoms with Gasteiger partial charge in [-0.2, -0.15) is 0 Å². The van der Waals surface area contributed by atoms with Gasteiger partial charge in [0.05, 0.1) is 0 Å². The van der Waals surface area contributed by atoms with E-state index in [0.29, 0.717) is 18.4 Å². The predicted octanol–water partition coefficient (Wildman–Crippen LogP) is 2.81. The van der Waals surface area contributed by atoms with Gasteiger partial charge in [-0.3, -0.25) is 4.79 Å². The van der Waals surface area contributed by atoms with Crippen LogP contribution in [0, 0.1) is 5.92 Å². The van der Waals surface area contributed by atoms with Crippen LogP contribution < -0.4 is 0 Å². The third-order valence-corrected chi connectivity index (χ3v) is 3.66. The molecule has 1 aliphatic rings. The zero-order valence-electron chi connectivity index (χ0n) is 9.13. The van der Waals surface area contributed by atoms with Gasteiger partial charge in [0, 0.05) is 24.8 Å². The minimum atomic E-state index is 0.278. The smallest absolute Gasteiger partial charge is 0.223 e. The second-order valence-electron chi connectivity index (χ2n) is 4.27. The highest BCUT2D eigenvalue weighted by Crippen LogP contribution is 2.27. The molecule has 0 radical (unpaired) electrons. The largest absolute Gasteiger partial charge is 0.342 e. The van der Waals surface area contributed by atoms with E-state index >= 15 is 0 Å². The minimum Gasteiger partial charge on any atom is -0.342 e. The van der Waals surface area contributed by atoms with Crippen LogP contribution in [0.2, 0.25) is 0 Å². The molecule has 0 heterocycles. The Morgan fingerprint density at radius 2 is 2.07 bits per heavy atom. The summed E-state index contributed by atoms with van der Waals surface area (Å²) < 4.78 is 0. The maximum absolute atomic E-state index is 11.7. The van der Waals surface area contributed by atoms with Crippen molar-refractivity contribution in [2.24, 2.45) is 5.92 Å². The molecule has 0 saturated heterocycles. The van der Waals surface area contributed by atoms with Gasteiger partial charge in [0.1, 0.15) is 0 Å². The number of carbonyl (C=O) groups excluding carboxylic acids is 1. The molecule has 0 bridgehead atoms. The number of nitrogens with zero attached hydrogens (tertiary/aromatic N) is 1. The van der Waals surface area contributed by atoms with Crippen LogP contribution >= 0.6 is 15.9 Å². The van der Waals surface area contributed by atoms with Crippen LogP contribution in [0.15, 0.2) is 0 Å². The quantitative estimate of drug-likeness (QED) is 0.716. The second kappa shape index (κ2) is 5.74. The number of amides is 1. The third kappa shape index (κ3) is 2.97. The number of carbonyl (C=O) groups is 1. The molecule has 82 valence electrons. The van der Waals surface area contributed by atoms with Crippen LogP contribution in [0.25, 0.3) is 0 Å². The SMILES string of the molecule is CC1CCCCC1N(C)C(=O)CCBr. The molecular formula is C11H20BrNO. The first-order valence-corrected chi connectivity index (χ1v) is 6.60. The topological polar surface area (TPSA) is 20.3 Å². The van der Waals surface area contributed by atoms with Crippen molar-refractivity contribution < 1.29 is 4.79 Å². The summed E-state index contributed by atoms with van der Waals surface area (Å²) in [6.45, 7) is 2.27. The molecule has 1 rings (SSSR count). The summed E-state index contributed by atoms with van der Waals surface area (Å²) in [5.74, 6) is 0.952. The first-order valence-electron chi connectivity index (χ1n) is 5.48. The molecule has 1 fully saturated rings. The summed E-state index contributed by atoms with van der Waals surface area (Å²) in [7, 11) is 1.96. The van der Waals surface area contributed by atoms with E-state index in [-0.39, 0.29) is 5.91 Å². The van der Waals surface area contributed by atoms with Crippen LogP contribution in [0.4, 0.5) is 0 Å². The van der Waals surface area contributed by atoms with E-state index in [1.54, 1.807) is 0 Å². The fourth-order valence-corrected chi connectivity index (χ4v) is 2.65. The molecule has 0 spiro atoms. The predicted molar refractivity (Wildman–Crippen MR) is 62.6 cm³/mol. The fourth-order valence-electron chi connectivity index (χ4n) is 2.31. The van der Waals surface area contributed by atoms with Crippen molar-refractivity contribution in [3.63, 3.8) is 0 Å². The molecule has 14 heavy (non-hydrogen) atoms. The normalized spacial score (nSPS) is 27.4. The maximum Gasteiger partial charge on any atom is 0.223 e. The van der Waals surface area contributed by atoms with Crippen LogP contribution in [-0.2, 0) is 4.79 Å². The Morgan fingerprint density at radius 1 is 1.43 bits per heavy atom. The zero-order chi connectivity index (χ0) is 10.6. The van der Waals surface area contributed by atoms with E-state index in [9.17, 15) is 4.79 Å². The molecule has 0 aromatic carbocycles. The van der Waals surface area contributed by atoms with E-state index < -0.39 is 0 Å². The summed E-state index contributed by atoms with van der Waals surface area (Å²) in [5, 5.41) is 0.775. The molecule has 0 N–H and O–H groups in total. The monoisotopic (exact) mass is 261 g/mol. The zero-order valence-corrected chi connectivity index (χ0v) is 10.7. The molecule has 1 saturated carbocycles. The van der Waals surface area contributed by atoms with Crippen molar-refractivity contribution in [1.29, 1.82) is 0 Å². The van der Waals surface area contributed by atoms with Gasteiger partial charge in [0.15, 0.2) is 0 Å². The van der Waals surface area contributed by atoms with Gasteiger partial charge in [0.2, 0.25) is 5.91 Å². The summed E-state index contributed by atoms with van der Waals surface area (Å²) in [6, 6.07) is 0.482. The highest BCUT2D eigenvalue weighted by molar-refractivity contribution is 9.09. The molecule has 2 atom stereocenters. The molecule has 0 aromatic heterocycles. The molecular weight excluding hydrogens is 242 g/mol. The van der Waals surface area contributed by atoms with Crippen molar-refractivity contribution in [2.75, 3.05) is 12.4 Å². The summed E-state index contributed by atoms with van der Waals surface area (Å²) in [5.41, 5.74) is 0. The van der Waals surface area contributed by atoms with Crippen LogP contribution in [-0.4, -0.2) is 29.2 Å². The first kappa shape index (κ1) is 12.0. The van der Waals surface area contributed by atoms with Crippen molar-refractivity contribution in [1.82, 2.24) is 4.90 Å². The lowest BCUT2D eigenvalue weighted by Gasteiger charge is -2.36. The van der Waals surface area contributed by atoms with E-state index in [2.05, 4.69) is 22.9 Å². The second-order valence-corrected chi connectivity index (χ2v) is 5.07. The van der Waals surface area contributed by atoms with Crippen molar-refractivity contribution in [3.05, 3.63) is 0 Å². The Bertz CT molecular complexity index is 196. The highest BCUT2D eigenvalue weighted by atomic mass is 79.9. The Morgan fingerprint density at radius 3 is 2.64 bits per heavy atom. The molecule has 1 aliphatic carbocycles. The Hall–Kier alpha value is -0.0500. The average molecular weight is 262 g/mol. The highest BCUT2D eigenvalue weighted by Gasteiger charge is 2.27. The number of hydrogen-bond donors (Lipinski definition) is 0. The Labute approximate surface area is 95.2 Å². The minimum absolute atomic E-state index is 0.278. The number of rotatable bonds is 3. The molecule has 0 aromatic rings. The van der Waals surface area contributed by atoms with Gasteiger partial charge >= 0.3 is 0 Å². The average Bonchev–Trinajstić information content (AvgIpc) is 2.18. The lowest BCUT2D eigenvalue weighted by Crippen LogP contribution is -2.42. The number of alkyl halides is 1. The van der Waals surface area contributed by atoms with E-state index in [0.717, 1.165) is 5.33 Å². The van der Waals surface area contributed by atoms with Crippen LogP contribution in [0.3, 0.4) is 0 Å². The van der Waals surface area contributed by atoms with Gasteiger partial charge in [-0.15, -0.1) is 0 Å². The van der Waals surface area contributed by atoms with E-state index in [1.165, 1.54) is 25.7 Å². The molecule has 2 nitrogen and oxygen atoms in total. The van der Waals surface area contributed by atoms with Crippen molar-refractivity contribution in [2.45, 2.75) is 45.1 Å². The van der Waals surface area contributed by atoms with Gasteiger partial charge in [-0.05, 0) is 18.8 Å². The number of hydrogen-bond acceptors (Lipinski definition) is 1. The molecule has 2 unspecified atom stereocenters. The Kier molecular flexibility index (Phi) is 4.93. The molecule has 3 heteroatoms. The molecule has 0 aliphatic heterocycles. The van der Waals surface area contributed by atoms with Crippen molar-refractivity contribution >= 4 is 21.8 Å². The summed E-state index contributed by atoms with van der Waals surface area (Å²) >= 11 is 3.31. The fraction of sp³-hybridized carbons (Fsp3) is 0.909. The van der Waals surface area contributed by atoms with Gasteiger partial charge < -0.3 is 4.90 Å². The lowest BCUT2D eigenvalue weighted by molar-refractivity contribution is -0.133. The number of halogens is 1. The first-order chi connectivity index (χ1) is 6.66.